The van der Waals surface area contributed by atoms with Crippen molar-refractivity contribution in [2.45, 2.75) is 13.3 Å². The van der Waals surface area contributed by atoms with E-state index in [0.29, 0.717) is 18.7 Å². The van der Waals surface area contributed by atoms with Gasteiger partial charge in [-0.3, -0.25) is 9.59 Å². The lowest BCUT2D eigenvalue weighted by Crippen LogP contribution is -2.38. The third kappa shape index (κ3) is 6.06. The van der Waals surface area contributed by atoms with Gasteiger partial charge in [-0.05, 0) is 47.4 Å². The minimum atomic E-state index is -0.951. The van der Waals surface area contributed by atoms with Crippen LogP contribution < -0.4 is 5.32 Å². The number of nitrogens with zero attached hydrogens (tertiary/aromatic N) is 1. The Kier molecular flexibility index (Phi) is 8.13. The van der Waals surface area contributed by atoms with Gasteiger partial charge in [-0.1, -0.05) is 30.9 Å². The van der Waals surface area contributed by atoms with Crippen LogP contribution in [0, 0.1) is 11.6 Å². The largest absolute Gasteiger partial charge is 0.461 e. The van der Waals surface area contributed by atoms with E-state index in [1.54, 1.807) is 24.3 Å². The minimum absolute atomic E-state index is 0.0148. The fourth-order valence-electron chi connectivity index (χ4n) is 3.54. The molecule has 1 aliphatic heterocycles. The van der Waals surface area contributed by atoms with Gasteiger partial charge in [-0.2, -0.15) is 0 Å². The molecule has 1 heterocycles. The van der Waals surface area contributed by atoms with Crippen molar-refractivity contribution < 1.29 is 32.6 Å². The molecular formula is C25H24F2N2O5. The highest BCUT2D eigenvalue weighted by Crippen LogP contribution is 2.29. The first kappa shape index (κ1) is 24.6. The number of esters is 1. The van der Waals surface area contributed by atoms with Crippen LogP contribution in [-0.2, 0) is 14.3 Å². The fraction of sp³-hybridized carbons (Fsp3) is 0.240. The Labute approximate surface area is 195 Å². The lowest BCUT2D eigenvalue weighted by molar-refractivity contribution is -0.140. The molecule has 0 unspecified atom stereocenters. The average molecular weight is 470 g/mol. The van der Waals surface area contributed by atoms with Crippen molar-refractivity contribution in [3.05, 3.63) is 83.5 Å². The normalized spacial score (nSPS) is 13.3. The van der Waals surface area contributed by atoms with Gasteiger partial charge >= 0.3 is 12.1 Å². The van der Waals surface area contributed by atoms with E-state index in [0.717, 1.165) is 28.8 Å². The van der Waals surface area contributed by atoms with E-state index in [1.807, 2.05) is 0 Å². The lowest BCUT2D eigenvalue weighted by Gasteiger charge is -2.30. The van der Waals surface area contributed by atoms with E-state index in [1.165, 1.54) is 24.0 Å². The molecule has 0 saturated carbocycles. The summed E-state index contributed by atoms with van der Waals surface area (Å²) in [4.78, 5) is 37.4. The maximum absolute atomic E-state index is 13.9. The van der Waals surface area contributed by atoms with Crippen LogP contribution in [0.4, 0.5) is 19.3 Å². The van der Waals surface area contributed by atoms with E-state index in [-0.39, 0.29) is 19.8 Å². The first-order valence-electron chi connectivity index (χ1n) is 10.5. The highest BCUT2D eigenvalue weighted by Gasteiger charge is 2.25. The predicted octanol–water partition coefficient (Wildman–Crippen LogP) is 4.56. The molecule has 1 aliphatic rings. The van der Waals surface area contributed by atoms with Crippen molar-refractivity contribution in [1.82, 2.24) is 4.90 Å². The number of ether oxygens (including phenoxy) is 2. The third-order valence-corrected chi connectivity index (χ3v) is 5.15. The molecule has 0 aliphatic carbocycles. The van der Waals surface area contributed by atoms with Crippen molar-refractivity contribution in [2.24, 2.45) is 0 Å². The first-order valence-corrected chi connectivity index (χ1v) is 10.5. The molecule has 0 radical (unpaired) electrons. The number of hydrogen-bond donors (Lipinski definition) is 1. The quantitative estimate of drug-likeness (QED) is 0.474. The van der Waals surface area contributed by atoms with Crippen LogP contribution in [0.1, 0.15) is 29.3 Å². The predicted molar refractivity (Wildman–Crippen MR) is 122 cm³/mol. The monoisotopic (exact) mass is 470 g/mol. The smallest absolute Gasteiger partial charge is 0.410 e. The molecule has 178 valence electrons. The van der Waals surface area contributed by atoms with Gasteiger partial charge in [0.05, 0.1) is 0 Å². The van der Waals surface area contributed by atoms with E-state index in [9.17, 15) is 23.2 Å². The molecule has 0 saturated heterocycles. The second kappa shape index (κ2) is 11.2. The van der Waals surface area contributed by atoms with E-state index < -0.39 is 35.2 Å². The number of benzene rings is 2. The summed E-state index contributed by atoms with van der Waals surface area (Å²) in [5.74, 6) is -3.25. The van der Waals surface area contributed by atoms with Gasteiger partial charge in [0.25, 0.3) is 5.91 Å². The molecular weight excluding hydrogens is 446 g/mol. The number of carbonyl (C=O) groups is 3. The maximum atomic E-state index is 13.9. The summed E-state index contributed by atoms with van der Waals surface area (Å²) in [6, 6.07) is 9.89. The number of halogens is 2. The minimum Gasteiger partial charge on any atom is -0.461 e. The molecule has 7 nitrogen and oxygen atoms in total. The molecule has 2 aromatic rings. The first-order chi connectivity index (χ1) is 16.3. The SMILES string of the molecule is C=CCOC(=O)N1CCC(c2ccc(NC(=O)c3c(F)cccc3F)cc2)=C(COC(C)=O)C1. The van der Waals surface area contributed by atoms with Crippen LogP contribution >= 0.6 is 0 Å². The summed E-state index contributed by atoms with van der Waals surface area (Å²) in [6.07, 6.45) is 1.48. The van der Waals surface area contributed by atoms with Crippen LogP contribution in [0.25, 0.3) is 5.57 Å². The molecule has 2 amide bonds. The van der Waals surface area contributed by atoms with Gasteiger partial charge in [-0.15, -0.1) is 0 Å². The second-order valence-corrected chi connectivity index (χ2v) is 7.53. The van der Waals surface area contributed by atoms with Gasteiger partial charge in [0.15, 0.2) is 0 Å². The number of nitrogens with one attached hydrogen (secondary N) is 1. The van der Waals surface area contributed by atoms with Gasteiger partial charge in [0.1, 0.15) is 30.4 Å². The number of rotatable bonds is 7. The van der Waals surface area contributed by atoms with Gasteiger partial charge in [0, 0.05) is 25.7 Å². The lowest BCUT2D eigenvalue weighted by atomic mass is 9.93. The Morgan fingerprint density at radius 1 is 1.09 bits per heavy atom. The van der Waals surface area contributed by atoms with Crippen LogP contribution in [0.2, 0.25) is 0 Å². The summed E-state index contributed by atoms with van der Waals surface area (Å²) in [7, 11) is 0. The Morgan fingerprint density at radius 3 is 2.38 bits per heavy atom. The molecule has 3 rings (SSSR count). The summed E-state index contributed by atoms with van der Waals surface area (Å²) in [5, 5.41) is 2.48. The topological polar surface area (TPSA) is 84.9 Å². The molecule has 0 spiro atoms. The molecule has 2 aromatic carbocycles. The number of hydrogen-bond acceptors (Lipinski definition) is 5. The molecule has 0 aromatic heterocycles. The summed E-state index contributed by atoms with van der Waals surface area (Å²) >= 11 is 0. The van der Waals surface area contributed by atoms with Crippen molar-refractivity contribution >= 4 is 29.2 Å². The molecule has 1 N–H and O–H groups in total. The van der Waals surface area contributed by atoms with Crippen molar-refractivity contribution in [1.29, 1.82) is 0 Å². The Balaban J connectivity index is 1.79. The number of anilines is 1. The fourth-order valence-corrected chi connectivity index (χ4v) is 3.54. The maximum Gasteiger partial charge on any atom is 0.410 e. The summed E-state index contributed by atoms with van der Waals surface area (Å²) < 4.78 is 38.0. The zero-order valence-corrected chi connectivity index (χ0v) is 18.6. The second-order valence-electron chi connectivity index (χ2n) is 7.53. The van der Waals surface area contributed by atoms with Crippen LogP contribution in [0.15, 0.2) is 60.7 Å². The third-order valence-electron chi connectivity index (χ3n) is 5.15. The average Bonchev–Trinajstić information content (AvgIpc) is 2.81. The molecule has 34 heavy (non-hydrogen) atoms. The van der Waals surface area contributed by atoms with Crippen LogP contribution in [0.3, 0.4) is 0 Å². The zero-order valence-electron chi connectivity index (χ0n) is 18.6. The molecule has 0 fully saturated rings. The number of carbonyl (C=O) groups excluding carboxylic acids is 3. The van der Waals surface area contributed by atoms with Gasteiger partial charge < -0.3 is 19.7 Å². The van der Waals surface area contributed by atoms with E-state index in [4.69, 9.17) is 9.47 Å². The molecule has 9 heteroatoms. The highest BCUT2D eigenvalue weighted by atomic mass is 19.1. The van der Waals surface area contributed by atoms with Gasteiger partial charge in [0.2, 0.25) is 0 Å². The molecule has 0 bridgehead atoms. The van der Waals surface area contributed by atoms with E-state index in [2.05, 4.69) is 11.9 Å². The molecule has 0 atom stereocenters. The Hall–Kier alpha value is -4.01. The van der Waals surface area contributed by atoms with Crippen molar-refractivity contribution in [2.75, 3.05) is 31.6 Å². The summed E-state index contributed by atoms with van der Waals surface area (Å²) in [5.41, 5.74) is 2.13. The highest BCUT2D eigenvalue weighted by molar-refractivity contribution is 6.04. The Morgan fingerprint density at radius 2 is 1.76 bits per heavy atom. The standard InChI is InChI=1S/C25H24F2N2O5/c1-3-13-33-25(32)29-12-11-20(18(14-29)15-34-16(2)30)17-7-9-19(10-8-17)28-24(31)23-21(26)5-4-6-22(23)27/h3-10H,1,11-15H2,2H3,(H,28,31). The zero-order chi connectivity index (χ0) is 24.7. The summed E-state index contributed by atoms with van der Waals surface area (Å²) in [6.45, 7) is 5.55. The Bertz CT molecular complexity index is 1110. The van der Waals surface area contributed by atoms with E-state index >= 15 is 0 Å². The van der Waals surface area contributed by atoms with Gasteiger partial charge in [-0.25, -0.2) is 13.6 Å². The van der Waals surface area contributed by atoms with Crippen LogP contribution in [-0.4, -0.2) is 49.2 Å². The van der Waals surface area contributed by atoms with Crippen molar-refractivity contribution in [3.63, 3.8) is 0 Å². The number of amides is 2. The van der Waals surface area contributed by atoms with Crippen LogP contribution in [0.5, 0.6) is 0 Å². The van der Waals surface area contributed by atoms with Crippen molar-refractivity contribution in [3.8, 4) is 0 Å².